The Morgan fingerprint density at radius 1 is 1.33 bits per heavy atom. The van der Waals surface area contributed by atoms with Crippen molar-refractivity contribution in [3.05, 3.63) is 29.3 Å². The van der Waals surface area contributed by atoms with Crippen molar-refractivity contribution >= 4 is 0 Å². The maximum Gasteiger partial charge on any atom is 0.122 e. The Labute approximate surface area is 91.6 Å². The minimum atomic E-state index is 0.522. The van der Waals surface area contributed by atoms with Crippen LogP contribution in [0.2, 0.25) is 0 Å². The minimum absolute atomic E-state index is 0.522. The molecule has 1 fully saturated rings. The Hall–Kier alpha value is -1.02. The van der Waals surface area contributed by atoms with Crippen LogP contribution < -0.4 is 10.1 Å². The zero-order chi connectivity index (χ0) is 10.7. The van der Waals surface area contributed by atoms with Gasteiger partial charge in [0.25, 0.3) is 0 Å². The highest BCUT2D eigenvalue weighted by molar-refractivity contribution is 5.37. The first-order valence-corrected chi connectivity index (χ1v) is 5.69. The van der Waals surface area contributed by atoms with Crippen molar-refractivity contribution in [3.63, 3.8) is 0 Å². The smallest absolute Gasteiger partial charge is 0.122 e. The molecule has 2 heteroatoms. The van der Waals surface area contributed by atoms with Gasteiger partial charge in [-0.15, -0.1) is 0 Å². The van der Waals surface area contributed by atoms with Gasteiger partial charge in [0, 0.05) is 6.04 Å². The molecular formula is C13H19NO. The number of ether oxygens (including phenoxy) is 1. The summed E-state index contributed by atoms with van der Waals surface area (Å²) in [4.78, 5) is 0. The molecule has 1 aliphatic rings. The van der Waals surface area contributed by atoms with E-state index in [-0.39, 0.29) is 0 Å². The predicted octanol–water partition coefficient (Wildman–Crippen LogP) is 2.82. The molecule has 1 aliphatic heterocycles. The number of nitrogens with one attached hydrogen (secondary N) is 1. The highest BCUT2D eigenvalue weighted by Crippen LogP contribution is 2.27. The minimum Gasteiger partial charge on any atom is -0.496 e. The zero-order valence-electron chi connectivity index (χ0n) is 9.55. The largest absolute Gasteiger partial charge is 0.496 e. The lowest BCUT2D eigenvalue weighted by Crippen LogP contribution is -2.26. The van der Waals surface area contributed by atoms with Crippen molar-refractivity contribution in [3.8, 4) is 5.75 Å². The second-order valence-corrected chi connectivity index (χ2v) is 4.23. The number of aryl methyl sites for hydroxylation is 1. The highest BCUT2D eigenvalue weighted by Gasteiger charge is 2.15. The van der Waals surface area contributed by atoms with Gasteiger partial charge in [-0.05, 0) is 43.5 Å². The normalized spacial score (nSPS) is 21.3. The lowest BCUT2D eigenvalue weighted by Gasteiger charge is -2.24. The standard InChI is InChI=1S/C13H19NO/c1-10-6-7-11(9-13(10)15-2)12-5-3-4-8-14-12/h6-7,9,12,14H,3-5,8H2,1-2H3/t12-/m0/s1. The van der Waals surface area contributed by atoms with Crippen molar-refractivity contribution < 1.29 is 4.74 Å². The summed E-state index contributed by atoms with van der Waals surface area (Å²) in [5, 5.41) is 3.55. The van der Waals surface area contributed by atoms with E-state index in [2.05, 4.69) is 30.4 Å². The highest BCUT2D eigenvalue weighted by atomic mass is 16.5. The predicted molar refractivity (Wildman–Crippen MR) is 62.3 cm³/mol. The first-order chi connectivity index (χ1) is 7.31. The van der Waals surface area contributed by atoms with Crippen LogP contribution in [0.1, 0.15) is 36.4 Å². The molecule has 0 aliphatic carbocycles. The van der Waals surface area contributed by atoms with Gasteiger partial charge in [0.15, 0.2) is 0 Å². The second-order valence-electron chi connectivity index (χ2n) is 4.23. The van der Waals surface area contributed by atoms with Gasteiger partial charge in [0.2, 0.25) is 0 Å². The van der Waals surface area contributed by atoms with E-state index in [1.54, 1.807) is 7.11 Å². The monoisotopic (exact) mass is 205 g/mol. The summed E-state index contributed by atoms with van der Waals surface area (Å²) in [7, 11) is 1.74. The third-order valence-electron chi connectivity index (χ3n) is 3.14. The average molecular weight is 205 g/mol. The van der Waals surface area contributed by atoms with E-state index in [1.807, 2.05) is 0 Å². The quantitative estimate of drug-likeness (QED) is 0.801. The Morgan fingerprint density at radius 2 is 2.20 bits per heavy atom. The summed E-state index contributed by atoms with van der Waals surface area (Å²) in [6.45, 7) is 3.22. The van der Waals surface area contributed by atoms with E-state index in [4.69, 9.17) is 4.74 Å². The van der Waals surface area contributed by atoms with Crippen molar-refractivity contribution in [1.82, 2.24) is 5.32 Å². The summed E-state index contributed by atoms with van der Waals surface area (Å²) in [5.74, 6) is 1.000. The van der Waals surface area contributed by atoms with Crippen LogP contribution in [0.5, 0.6) is 5.75 Å². The third-order valence-corrected chi connectivity index (χ3v) is 3.14. The molecule has 0 spiro atoms. The molecule has 0 saturated carbocycles. The molecule has 2 nitrogen and oxygen atoms in total. The van der Waals surface area contributed by atoms with E-state index >= 15 is 0 Å². The van der Waals surface area contributed by atoms with Gasteiger partial charge in [0.1, 0.15) is 5.75 Å². The number of hydrogen-bond donors (Lipinski definition) is 1. The van der Waals surface area contributed by atoms with Crippen molar-refractivity contribution in [1.29, 1.82) is 0 Å². The number of hydrogen-bond acceptors (Lipinski definition) is 2. The van der Waals surface area contributed by atoms with Crippen molar-refractivity contribution in [2.45, 2.75) is 32.2 Å². The molecule has 1 heterocycles. The second kappa shape index (κ2) is 4.67. The fourth-order valence-electron chi connectivity index (χ4n) is 2.19. The third kappa shape index (κ3) is 2.32. The van der Waals surface area contributed by atoms with Crippen LogP contribution in [0.15, 0.2) is 18.2 Å². The molecule has 82 valence electrons. The summed E-state index contributed by atoms with van der Waals surface area (Å²) >= 11 is 0. The number of methoxy groups -OCH3 is 1. The van der Waals surface area contributed by atoms with Gasteiger partial charge in [-0.2, -0.15) is 0 Å². The summed E-state index contributed by atoms with van der Waals surface area (Å²) in [6.07, 6.45) is 3.87. The van der Waals surface area contributed by atoms with E-state index in [9.17, 15) is 0 Å². The molecule has 0 unspecified atom stereocenters. The molecule has 1 aromatic rings. The van der Waals surface area contributed by atoms with Crippen LogP contribution in [-0.2, 0) is 0 Å². The lowest BCUT2D eigenvalue weighted by molar-refractivity contribution is 0.398. The van der Waals surface area contributed by atoms with Crippen LogP contribution in [-0.4, -0.2) is 13.7 Å². The Kier molecular flexibility index (Phi) is 3.27. The van der Waals surface area contributed by atoms with E-state index < -0.39 is 0 Å². The zero-order valence-corrected chi connectivity index (χ0v) is 9.55. The van der Waals surface area contributed by atoms with Gasteiger partial charge in [-0.3, -0.25) is 0 Å². The van der Waals surface area contributed by atoms with Crippen LogP contribution in [0.25, 0.3) is 0 Å². The molecule has 0 radical (unpaired) electrons. The molecule has 1 N–H and O–H groups in total. The van der Waals surface area contributed by atoms with Crippen molar-refractivity contribution in [2.24, 2.45) is 0 Å². The van der Waals surface area contributed by atoms with Crippen LogP contribution in [0, 0.1) is 6.92 Å². The van der Waals surface area contributed by atoms with Gasteiger partial charge < -0.3 is 10.1 Å². The maximum absolute atomic E-state index is 5.35. The maximum atomic E-state index is 5.35. The van der Waals surface area contributed by atoms with E-state index in [1.165, 1.54) is 30.4 Å². The van der Waals surface area contributed by atoms with Gasteiger partial charge in [-0.1, -0.05) is 18.6 Å². The summed E-state index contributed by atoms with van der Waals surface area (Å²) in [5.41, 5.74) is 2.56. The fourth-order valence-corrected chi connectivity index (χ4v) is 2.19. The van der Waals surface area contributed by atoms with Gasteiger partial charge in [-0.25, -0.2) is 0 Å². The van der Waals surface area contributed by atoms with Gasteiger partial charge >= 0.3 is 0 Å². The van der Waals surface area contributed by atoms with E-state index in [0.29, 0.717) is 6.04 Å². The van der Waals surface area contributed by atoms with Crippen LogP contribution in [0.4, 0.5) is 0 Å². The van der Waals surface area contributed by atoms with Gasteiger partial charge in [0.05, 0.1) is 7.11 Å². The summed E-state index contributed by atoms with van der Waals surface area (Å²) < 4.78 is 5.35. The molecule has 15 heavy (non-hydrogen) atoms. The number of benzene rings is 1. The molecule has 0 aromatic heterocycles. The molecule has 2 rings (SSSR count). The lowest BCUT2D eigenvalue weighted by atomic mass is 9.96. The van der Waals surface area contributed by atoms with Crippen molar-refractivity contribution in [2.75, 3.05) is 13.7 Å². The fraction of sp³-hybridized carbons (Fsp3) is 0.538. The Bertz CT molecular complexity index is 329. The SMILES string of the molecule is COc1cc([C@@H]2CCCCN2)ccc1C. The Balaban J connectivity index is 2.20. The topological polar surface area (TPSA) is 21.3 Å². The number of piperidine rings is 1. The molecule has 1 atom stereocenters. The molecule has 1 aromatic carbocycles. The molecule has 0 amide bonds. The first kappa shape index (κ1) is 10.5. The van der Waals surface area contributed by atoms with Crippen LogP contribution >= 0.6 is 0 Å². The van der Waals surface area contributed by atoms with E-state index in [0.717, 1.165) is 12.3 Å². The average Bonchev–Trinajstić information content (AvgIpc) is 2.31. The molecule has 1 saturated heterocycles. The number of rotatable bonds is 2. The molecular weight excluding hydrogens is 186 g/mol. The summed E-state index contributed by atoms with van der Waals surface area (Å²) in [6, 6.07) is 7.04. The first-order valence-electron chi connectivity index (χ1n) is 5.69. The Morgan fingerprint density at radius 3 is 2.87 bits per heavy atom. The van der Waals surface area contributed by atoms with Crippen LogP contribution in [0.3, 0.4) is 0 Å². The molecule has 0 bridgehead atoms.